The maximum atomic E-state index is 12.1. The Hall–Kier alpha value is -1.53. The van der Waals surface area contributed by atoms with E-state index < -0.39 is 11.9 Å². The summed E-state index contributed by atoms with van der Waals surface area (Å²) in [6, 6.07) is 7.58. The molecule has 0 radical (unpaired) electrons. The summed E-state index contributed by atoms with van der Waals surface area (Å²) in [5, 5.41) is 11.5. The number of carbonyl (C=O) groups is 2. The van der Waals surface area contributed by atoms with E-state index in [2.05, 4.69) is 5.32 Å². The van der Waals surface area contributed by atoms with Gasteiger partial charge in [0, 0.05) is 23.7 Å². The van der Waals surface area contributed by atoms with E-state index in [9.17, 15) is 9.59 Å². The molecule has 1 aromatic carbocycles. The first-order valence-electron chi connectivity index (χ1n) is 6.50. The van der Waals surface area contributed by atoms with Crippen molar-refractivity contribution in [2.24, 2.45) is 5.92 Å². The highest BCUT2D eigenvalue weighted by molar-refractivity contribution is 7.99. The lowest BCUT2D eigenvalue weighted by Gasteiger charge is -2.12. The summed E-state index contributed by atoms with van der Waals surface area (Å²) in [6.07, 6.45) is 0.487. The molecule has 1 aliphatic heterocycles. The molecule has 108 valence electrons. The van der Waals surface area contributed by atoms with Crippen molar-refractivity contribution in [2.75, 3.05) is 24.3 Å². The Morgan fingerprint density at radius 3 is 3.05 bits per heavy atom. The molecule has 1 aromatic rings. The van der Waals surface area contributed by atoms with Crippen LogP contribution in [0.3, 0.4) is 0 Å². The van der Waals surface area contributed by atoms with Crippen LogP contribution in [0.4, 0.5) is 5.69 Å². The molecule has 1 heterocycles. The monoisotopic (exact) mass is 295 g/mol. The smallest absolute Gasteiger partial charge is 0.306 e. The third-order valence-corrected chi connectivity index (χ3v) is 4.17. The van der Waals surface area contributed by atoms with Gasteiger partial charge in [-0.3, -0.25) is 9.59 Å². The molecule has 1 amide bonds. The van der Waals surface area contributed by atoms with Crippen LogP contribution in [-0.4, -0.2) is 35.9 Å². The van der Waals surface area contributed by atoms with Gasteiger partial charge in [-0.1, -0.05) is 12.1 Å². The summed E-state index contributed by atoms with van der Waals surface area (Å²) in [5.74, 6) is -0.390. The van der Waals surface area contributed by atoms with Gasteiger partial charge in [0.05, 0.1) is 24.6 Å². The summed E-state index contributed by atoms with van der Waals surface area (Å²) in [4.78, 5) is 24.7. The number of para-hydroxylation sites is 1. The van der Waals surface area contributed by atoms with Gasteiger partial charge in [-0.05, 0) is 12.1 Å². The van der Waals surface area contributed by atoms with E-state index in [0.29, 0.717) is 12.2 Å². The lowest BCUT2D eigenvalue weighted by atomic mass is 10.1. The van der Waals surface area contributed by atoms with E-state index in [-0.39, 0.29) is 25.5 Å². The lowest BCUT2D eigenvalue weighted by Crippen LogP contribution is -2.26. The third-order valence-electron chi connectivity index (χ3n) is 2.93. The number of fused-ring (bicyclic) bond motifs is 1. The first-order chi connectivity index (χ1) is 9.70. The van der Waals surface area contributed by atoms with Crippen LogP contribution >= 0.6 is 11.8 Å². The van der Waals surface area contributed by atoms with Crippen LogP contribution in [0.5, 0.6) is 0 Å². The number of hydrogen-bond acceptors (Lipinski definition) is 5. The van der Waals surface area contributed by atoms with Crippen LogP contribution in [0.1, 0.15) is 12.8 Å². The number of anilines is 1. The van der Waals surface area contributed by atoms with Gasteiger partial charge in [0.1, 0.15) is 0 Å². The molecule has 0 spiro atoms. The molecule has 20 heavy (non-hydrogen) atoms. The number of aliphatic hydroxyl groups excluding tert-OH is 1. The number of benzene rings is 1. The first-order valence-corrected chi connectivity index (χ1v) is 7.48. The van der Waals surface area contributed by atoms with Crippen molar-refractivity contribution in [1.29, 1.82) is 0 Å². The van der Waals surface area contributed by atoms with E-state index in [1.165, 1.54) is 0 Å². The van der Waals surface area contributed by atoms with Crippen molar-refractivity contribution in [3.63, 3.8) is 0 Å². The van der Waals surface area contributed by atoms with Gasteiger partial charge in [-0.25, -0.2) is 0 Å². The maximum Gasteiger partial charge on any atom is 0.306 e. The zero-order valence-corrected chi connectivity index (χ0v) is 11.8. The molecule has 0 aliphatic carbocycles. The van der Waals surface area contributed by atoms with E-state index in [4.69, 9.17) is 9.84 Å². The molecular formula is C14H17NO4S. The SMILES string of the molecule is O=C(CC1CSc2ccccc2NC1=O)OCCCO. The van der Waals surface area contributed by atoms with Gasteiger partial charge in [0.2, 0.25) is 5.91 Å². The maximum absolute atomic E-state index is 12.1. The molecule has 2 rings (SSSR count). The number of ether oxygens (including phenoxy) is 1. The average molecular weight is 295 g/mol. The highest BCUT2D eigenvalue weighted by Gasteiger charge is 2.26. The van der Waals surface area contributed by atoms with E-state index in [0.717, 1.165) is 10.6 Å². The highest BCUT2D eigenvalue weighted by Crippen LogP contribution is 2.33. The minimum absolute atomic E-state index is 0.0116. The highest BCUT2D eigenvalue weighted by atomic mass is 32.2. The summed E-state index contributed by atoms with van der Waals surface area (Å²) in [7, 11) is 0. The fourth-order valence-corrected chi connectivity index (χ4v) is 2.96. The predicted molar refractivity (Wildman–Crippen MR) is 76.6 cm³/mol. The lowest BCUT2D eigenvalue weighted by molar-refractivity contribution is -0.146. The molecule has 0 saturated heterocycles. The van der Waals surface area contributed by atoms with Crippen molar-refractivity contribution in [1.82, 2.24) is 0 Å². The van der Waals surface area contributed by atoms with Gasteiger partial charge in [-0.2, -0.15) is 0 Å². The second kappa shape index (κ2) is 7.31. The van der Waals surface area contributed by atoms with E-state index >= 15 is 0 Å². The van der Waals surface area contributed by atoms with Crippen LogP contribution in [0, 0.1) is 5.92 Å². The average Bonchev–Trinajstić information content (AvgIpc) is 2.59. The number of carbonyl (C=O) groups excluding carboxylic acids is 2. The van der Waals surface area contributed by atoms with Crippen molar-refractivity contribution in [3.8, 4) is 0 Å². The van der Waals surface area contributed by atoms with Crippen LogP contribution < -0.4 is 5.32 Å². The van der Waals surface area contributed by atoms with Gasteiger partial charge >= 0.3 is 5.97 Å². The molecule has 0 aromatic heterocycles. The second-order valence-corrected chi connectivity index (χ2v) is 5.56. The zero-order valence-electron chi connectivity index (χ0n) is 11.0. The number of esters is 1. The largest absolute Gasteiger partial charge is 0.466 e. The molecular weight excluding hydrogens is 278 g/mol. The summed E-state index contributed by atoms with van der Waals surface area (Å²) in [6.45, 7) is 0.180. The molecule has 5 nitrogen and oxygen atoms in total. The molecule has 0 bridgehead atoms. The number of hydrogen-bond donors (Lipinski definition) is 2. The van der Waals surface area contributed by atoms with E-state index in [1.54, 1.807) is 11.8 Å². The Bertz CT molecular complexity index is 492. The summed E-state index contributed by atoms with van der Waals surface area (Å²) in [5.41, 5.74) is 0.790. The Morgan fingerprint density at radius 1 is 1.45 bits per heavy atom. The summed E-state index contributed by atoms with van der Waals surface area (Å²) < 4.78 is 4.96. The second-order valence-electron chi connectivity index (χ2n) is 4.50. The number of nitrogens with one attached hydrogen (secondary N) is 1. The molecule has 1 atom stereocenters. The Labute approximate surface area is 121 Å². The minimum atomic E-state index is -0.398. The van der Waals surface area contributed by atoms with Gasteiger partial charge < -0.3 is 15.2 Å². The van der Waals surface area contributed by atoms with Gasteiger partial charge in [0.25, 0.3) is 0 Å². The van der Waals surface area contributed by atoms with Crippen molar-refractivity contribution in [2.45, 2.75) is 17.7 Å². The van der Waals surface area contributed by atoms with Gasteiger partial charge in [-0.15, -0.1) is 11.8 Å². The quantitative estimate of drug-likeness (QED) is 0.638. The van der Waals surface area contributed by atoms with Gasteiger partial charge in [0.15, 0.2) is 0 Å². The molecule has 0 saturated carbocycles. The van der Waals surface area contributed by atoms with E-state index in [1.807, 2.05) is 24.3 Å². The Morgan fingerprint density at radius 2 is 2.25 bits per heavy atom. The zero-order chi connectivity index (χ0) is 14.4. The topological polar surface area (TPSA) is 75.6 Å². The number of aliphatic hydroxyl groups is 1. The van der Waals surface area contributed by atoms with Crippen molar-refractivity contribution in [3.05, 3.63) is 24.3 Å². The summed E-state index contributed by atoms with van der Waals surface area (Å²) >= 11 is 1.56. The molecule has 6 heteroatoms. The number of thioether (sulfide) groups is 1. The Kier molecular flexibility index (Phi) is 5.43. The fourth-order valence-electron chi connectivity index (χ4n) is 1.86. The van der Waals surface area contributed by atoms with Crippen LogP contribution in [-0.2, 0) is 14.3 Å². The molecule has 1 unspecified atom stereocenters. The van der Waals surface area contributed by atoms with Crippen LogP contribution in [0.2, 0.25) is 0 Å². The third kappa shape index (κ3) is 3.98. The number of amides is 1. The first kappa shape index (κ1) is 14.9. The molecule has 2 N–H and O–H groups in total. The predicted octanol–water partition coefficient (Wildman–Crippen LogP) is 1.66. The molecule has 1 aliphatic rings. The van der Waals surface area contributed by atoms with Crippen LogP contribution in [0.25, 0.3) is 0 Å². The standard InChI is InChI=1S/C14H17NO4S/c16-6-3-7-19-13(17)8-10-9-20-12-5-2-1-4-11(12)15-14(10)18/h1-2,4-5,10,16H,3,6-9H2,(H,15,18). The normalized spacial score (nSPS) is 17.9. The minimum Gasteiger partial charge on any atom is -0.466 e. The Balaban J connectivity index is 1.91. The molecule has 0 fully saturated rings. The van der Waals surface area contributed by atoms with Crippen LogP contribution in [0.15, 0.2) is 29.2 Å². The number of rotatable bonds is 5. The van der Waals surface area contributed by atoms with Crippen molar-refractivity contribution < 1.29 is 19.4 Å². The fraction of sp³-hybridized carbons (Fsp3) is 0.429. The van der Waals surface area contributed by atoms with Crippen molar-refractivity contribution >= 4 is 29.3 Å².